The number of Topliss-reactive ketones (excluding diaryl/α,β-unsaturated/α-hetero) is 1. The third kappa shape index (κ3) is 3.36. The molecule has 0 aliphatic heterocycles. The van der Waals surface area contributed by atoms with Crippen molar-refractivity contribution in [2.75, 3.05) is 11.5 Å². The fourth-order valence-corrected chi connectivity index (χ4v) is 2.80. The summed E-state index contributed by atoms with van der Waals surface area (Å²) in [7, 11) is 0. The average molecular weight is 258 g/mol. The minimum atomic E-state index is 0.324. The van der Waals surface area contributed by atoms with Gasteiger partial charge in [0.05, 0.1) is 5.75 Å². The van der Waals surface area contributed by atoms with Crippen molar-refractivity contribution in [3.05, 3.63) is 48.0 Å². The van der Waals surface area contributed by atoms with Crippen LogP contribution in [0.5, 0.6) is 0 Å². The van der Waals surface area contributed by atoms with Crippen LogP contribution in [0.1, 0.15) is 18.9 Å². The Hall–Kier alpha value is -1.28. The van der Waals surface area contributed by atoms with Crippen LogP contribution in [0.3, 0.4) is 0 Å². The van der Waals surface area contributed by atoms with Gasteiger partial charge in [-0.1, -0.05) is 49.4 Å². The molecule has 2 heteroatoms. The largest absolute Gasteiger partial charge is 0.298 e. The molecule has 2 rings (SSSR count). The second-order valence-corrected chi connectivity index (χ2v) is 5.51. The number of carbonyl (C=O) groups excluding carboxylic acids is 1. The second-order valence-electron chi connectivity index (χ2n) is 4.41. The molecule has 18 heavy (non-hydrogen) atoms. The number of fused-ring (bicyclic) bond motifs is 1. The van der Waals surface area contributed by atoms with Crippen molar-refractivity contribution in [1.29, 1.82) is 0 Å². The van der Waals surface area contributed by atoms with Gasteiger partial charge in [-0.2, -0.15) is 11.8 Å². The predicted octanol–water partition coefficient (Wildman–Crippen LogP) is 4.09. The molecule has 0 aromatic heterocycles. The molecule has 94 valence electrons. The van der Waals surface area contributed by atoms with Gasteiger partial charge >= 0.3 is 0 Å². The lowest BCUT2D eigenvalue weighted by Crippen LogP contribution is -2.06. The standard InChI is InChI=1S/C16H18OS/c1-2-10-18-12-15(17)11-14-8-5-7-13-6-3-4-9-16(13)14/h3-9H,2,10-12H2,1H3. The molecule has 0 fully saturated rings. The summed E-state index contributed by atoms with van der Waals surface area (Å²) in [6, 6.07) is 14.4. The van der Waals surface area contributed by atoms with Crippen LogP contribution in [-0.4, -0.2) is 17.3 Å². The molecule has 0 saturated carbocycles. The van der Waals surface area contributed by atoms with Gasteiger partial charge in [0.1, 0.15) is 5.78 Å². The van der Waals surface area contributed by atoms with Crippen molar-refractivity contribution in [3.63, 3.8) is 0 Å². The quantitative estimate of drug-likeness (QED) is 0.726. The Labute approximate surface area is 113 Å². The van der Waals surface area contributed by atoms with E-state index in [9.17, 15) is 4.79 Å². The van der Waals surface area contributed by atoms with Gasteiger partial charge in [0.25, 0.3) is 0 Å². The molecule has 0 radical (unpaired) electrons. The Morgan fingerprint density at radius 1 is 1.11 bits per heavy atom. The maximum atomic E-state index is 11.9. The van der Waals surface area contributed by atoms with Gasteiger partial charge in [0.15, 0.2) is 0 Å². The zero-order valence-corrected chi connectivity index (χ0v) is 11.5. The van der Waals surface area contributed by atoms with Gasteiger partial charge in [-0.05, 0) is 28.5 Å². The van der Waals surface area contributed by atoms with Crippen molar-refractivity contribution < 1.29 is 4.79 Å². The van der Waals surface area contributed by atoms with Crippen LogP contribution in [0.4, 0.5) is 0 Å². The Kier molecular flexibility index (Phi) is 4.82. The van der Waals surface area contributed by atoms with Crippen molar-refractivity contribution in [2.45, 2.75) is 19.8 Å². The Morgan fingerprint density at radius 2 is 1.89 bits per heavy atom. The van der Waals surface area contributed by atoms with Crippen LogP contribution in [0.25, 0.3) is 10.8 Å². The van der Waals surface area contributed by atoms with Crippen LogP contribution in [0.2, 0.25) is 0 Å². The van der Waals surface area contributed by atoms with Gasteiger partial charge in [-0.15, -0.1) is 0 Å². The molecule has 0 spiro atoms. The molecule has 0 aliphatic carbocycles. The number of ketones is 1. The monoisotopic (exact) mass is 258 g/mol. The second kappa shape index (κ2) is 6.60. The summed E-state index contributed by atoms with van der Waals surface area (Å²) in [4.78, 5) is 11.9. The summed E-state index contributed by atoms with van der Waals surface area (Å²) in [5, 5.41) is 2.41. The van der Waals surface area contributed by atoms with Crippen molar-refractivity contribution in [1.82, 2.24) is 0 Å². The smallest absolute Gasteiger partial charge is 0.147 e. The molecule has 0 saturated heterocycles. The number of carbonyl (C=O) groups is 1. The third-order valence-electron chi connectivity index (χ3n) is 2.88. The van der Waals surface area contributed by atoms with E-state index < -0.39 is 0 Å². The van der Waals surface area contributed by atoms with Gasteiger partial charge in [0.2, 0.25) is 0 Å². The Morgan fingerprint density at radius 3 is 2.72 bits per heavy atom. The summed E-state index contributed by atoms with van der Waals surface area (Å²) in [6.45, 7) is 2.14. The molecular weight excluding hydrogens is 240 g/mol. The minimum absolute atomic E-state index is 0.324. The van der Waals surface area contributed by atoms with E-state index in [1.807, 2.05) is 18.2 Å². The third-order valence-corrected chi connectivity index (χ3v) is 4.10. The molecule has 0 bridgehead atoms. The highest BCUT2D eigenvalue weighted by atomic mass is 32.2. The molecule has 2 aromatic rings. The number of benzene rings is 2. The maximum Gasteiger partial charge on any atom is 0.147 e. The van der Waals surface area contributed by atoms with E-state index in [0.29, 0.717) is 18.0 Å². The molecule has 2 aromatic carbocycles. The molecular formula is C16H18OS. The first-order valence-electron chi connectivity index (χ1n) is 6.37. The molecule has 0 heterocycles. The summed E-state index contributed by atoms with van der Waals surface area (Å²) < 4.78 is 0. The predicted molar refractivity (Wildman–Crippen MR) is 80.3 cm³/mol. The highest BCUT2D eigenvalue weighted by Crippen LogP contribution is 2.19. The first-order chi connectivity index (χ1) is 8.81. The fourth-order valence-electron chi connectivity index (χ4n) is 2.04. The fraction of sp³-hybridized carbons (Fsp3) is 0.312. The summed E-state index contributed by atoms with van der Waals surface area (Å²) in [5.74, 6) is 2.03. The molecule has 0 N–H and O–H groups in total. The van der Waals surface area contributed by atoms with Gasteiger partial charge in [-0.25, -0.2) is 0 Å². The SMILES string of the molecule is CCCSCC(=O)Cc1cccc2ccccc12. The van der Waals surface area contributed by atoms with E-state index in [0.717, 1.165) is 17.7 Å². The first-order valence-corrected chi connectivity index (χ1v) is 7.53. The van der Waals surface area contributed by atoms with Crippen molar-refractivity contribution in [3.8, 4) is 0 Å². The highest BCUT2D eigenvalue weighted by Gasteiger charge is 2.06. The topological polar surface area (TPSA) is 17.1 Å². The summed E-state index contributed by atoms with van der Waals surface area (Å²) >= 11 is 1.74. The van der Waals surface area contributed by atoms with E-state index in [4.69, 9.17) is 0 Å². The van der Waals surface area contributed by atoms with Crippen LogP contribution >= 0.6 is 11.8 Å². The first kappa shape index (κ1) is 13.2. The van der Waals surface area contributed by atoms with Crippen LogP contribution < -0.4 is 0 Å². The van der Waals surface area contributed by atoms with Gasteiger partial charge in [-0.3, -0.25) is 4.79 Å². The van der Waals surface area contributed by atoms with Crippen molar-refractivity contribution in [2.24, 2.45) is 0 Å². The maximum absolute atomic E-state index is 11.9. The normalized spacial score (nSPS) is 10.7. The molecule has 0 unspecified atom stereocenters. The zero-order chi connectivity index (χ0) is 12.8. The van der Waals surface area contributed by atoms with Gasteiger partial charge < -0.3 is 0 Å². The van der Waals surface area contributed by atoms with E-state index in [-0.39, 0.29) is 0 Å². The molecule has 0 aliphatic rings. The van der Waals surface area contributed by atoms with Crippen LogP contribution in [0.15, 0.2) is 42.5 Å². The molecule has 1 nitrogen and oxygen atoms in total. The summed E-state index contributed by atoms with van der Waals surface area (Å²) in [6.07, 6.45) is 1.68. The lowest BCUT2D eigenvalue weighted by molar-refractivity contribution is -0.115. The van der Waals surface area contributed by atoms with Crippen LogP contribution in [-0.2, 0) is 11.2 Å². The van der Waals surface area contributed by atoms with E-state index >= 15 is 0 Å². The van der Waals surface area contributed by atoms with Crippen LogP contribution in [0, 0.1) is 0 Å². The average Bonchev–Trinajstić information content (AvgIpc) is 2.39. The van der Waals surface area contributed by atoms with E-state index in [2.05, 4.69) is 31.2 Å². The molecule has 0 amide bonds. The van der Waals surface area contributed by atoms with E-state index in [1.165, 1.54) is 10.8 Å². The highest BCUT2D eigenvalue weighted by molar-refractivity contribution is 7.99. The number of hydrogen-bond donors (Lipinski definition) is 0. The number of thioether (sulfide) groups is 1. The van der Waals surface area contributed by atoms with Gasteiger partial charge in [0, 0.05) is 6.42 Å². The lowest BCUT2D eigenvalue weighted by atomic mass is 10.0. The number of rotatable bonds is 6. The number of hydrogen-bond acceptors (Lipinski definition) is 2. The summed E-state index contributed by atoms with van der Waals surface area (Å²) in [5.41, 5.74) is 1.15. The Bertz CT molecular complexity index is 528. The van der Waals surface area contributed by atoms with E-state index in [1.54, 1.807) is 11.8 Å². The van der Waals surface area contributed by atoms with Crippen molar-refractivity contribution >= 4 is 28.3 Å². The zero-order valence-electron chi connectivity index (χ0n) is 10.7. The molecule has 0 atom stereocenters. The minimum Gasteiger partial charge on any atom is -0.298 e. The Balaban J connectivity index is 2.09. The lowest BCUT2D eigenvalue weighted by Gasteiger charge is -2.05.